The molecule has 1 aromatic heterocycles. The second kappa shape index (κ2) is 6.67. The number of amides is 1. The smallest absolute Gasteiger partial charge is 0.261 e. The largest absolute Gasteiger partial charge is 0.371 e. The molecule has 5 nitrogen and oxygen atoms in total. The van der Waals surface area contributed by atoms with Gasteiger partial charge in [0.2, 0.25) is 0 Å². The van der Waals surface area contributed by atoms with Crippen LogP contribution in [0.2, 0.25) is 0 Å². The predicted octanol–water partition coefficient (Wildman–Crippen LogP) is 4.27. The summed E-state index contributed by atoms with van der Waals surface area (Å²) >= 11 is 0. The number of aromatic nitrogens is 1. The van der Waals surface area contributed by atoms with E-state index in [1.807, 2.05) is 26.0 Å². The van der Waals surface area contributed by atoms with Gasteiger partial charge in [-0.1, -0.05) is 19.0 Å². The van der Waals surface area contributed by atoms with Crippen molar-refractivity contribution in [1.29, 1.82) is 0 Å². The number of nitrogens with zero attached hydrogens (tertiary/aromatic N) is 2. The molecule has 1 aliphatic rings. The molecule has 3 rings (SSSR count). The summed E-state index contributed by atoms with van der Waals surface area (Å²) in [6.45, 7) is 10.1. The minimum absolute atomic E-state index is 0.117. The van der Waals surface area contributed by atoms with Crippen LogP contribution in [0.4, 0.5) is 11.4 Å². The van der Waals surface area contributed by atoms with Crippen LogP contribution in [0.15, 0.2) is 22.7 Å². The van der Waals surface area contributed by atoms with E-state index in [0.717, 1.165) is 18.8 Å². The van der Waals surface area contributed by atoms with Gasteiger partial charge in [0.15, 0.2) is 5.76 Å². The van der Waals surface area contributed by atoms with Gasteiger partial charge in [0, 0.05) is 30.4 Å². The van der Waals surface area contributed by atoms with E-state index >= 15 is 0 Å². The molecule has 5 heteroatoms. The molecule has 1 N–H and O–H groups in total. The summed E-state index contributed by atoms with van der Waals surface area (Å²) in [7, 11) is 0. The quantitative estimate of drug-likeness (QED) is 0.911. The molecule has 1 aromatic carbocycles. The van der Waals surface area contributed by atoms with E-state index < -0.39 is 0 Å². The predicted molar refractivity (Wildman–Crippen MR) is 95.9 cm³/mol. The van der Waals surface area contributed by atoms with E-state index in [-0.39, 0.29) is 11.8 Å². The fourth-order valence-electron chi connectivity index (χ4n) is 3.30. The highest BCUT2D eigenvalue weighted by molar-refractivity contribution is 6.05. The molecule has 0 aliphatic carbocycles. The van der Waals surface area contributed by atoms with Crippen LogP contribution in [0.25, 0.3) is 0 Å². The second-order valence-electron chi connectivity index (χ2n) is 6.81. The highest BCUT2D eigenvalue weighted by Crippen LogP contribution is 2.28. The van der Waals surface area contributed by atoms with Gasteiger partial charge in [0.05, 0.1) is 5.69 Å². The molecule has 128 valence electrons. The zero-order valence-electron chi connectivity index (χ0n) is 14.8. The lowest BCUT2D eigenvalue weighted by Gasteiger charge is -2.20. The molecule has 2 aromatic rings. The topological polar surface area (TPSA) is 58.4 Å². The summed E-state index contributed by atoms with van der Waals surface area (Å²) in [6, 6.07) is 6.10. The van der Waals surface area contributed by atoms with Gasteiger partial charge in [-0.2, -0.15) is 0 Å². The summed E-state index contributed by atoms with van der Waals surface area (Å²) in [5, 5.41) is 6.92. The maximum atomic E-state index is 12.7. The van der Waals surface area contributed by atoms with Gasteiger partial charge in [0.25, 0.3) is 5.91 Å². The molecule has 0 bridgehead atoms. The monoisotopic (exact) mass is 327 g/mol. The van der Waals surface area contributed by atoms with Crippen LogP contribution < -0.4 is 10.2 Å². The highest BCUT2D eigenvalue weighted by Gasteiger charge is 2.23. The van der Waals surface area contributed by atoms with Crippen molar-refractivity contribution < 1.29 is 9.32 Å². The van der Waals surface area contributed by atoms with Gasteiger partial charge in [-0.15, -0.1) is 0 Å². The van der Waals surface area contributed by atoms with Crippen LogP contribution in [0, 0.1) is 13.8 Å². The van der Waals surface area contributed by atoms with Crippen LogP contribution >= 0.6 is 0 Å². The maximum absolute atomic E-state index is 12.7. The number of nitrogens with one attached hydrogen (secondary N) is 1. The number of rotatable bonds is 4. The van der Waals surface area contributed by atoms with Gasteiger partial charge in [0.1, 0.15) is 5.56 Å². The first-order valence-corrected chi connectivity index (χ1v) is 8.60. The molecule has 0 radical (unpaired) electrons. The molecular weight excluding hydrogens is 302 g/mol. The molecule has 0 unspecified atom stereocenters. The molecule has 24 heavy (non-hydrogen) atoms. The van der Waals surface area contributed by atoms with Crippen molar-refractivity contribution in [3.8, 4) is 0 Å². The zero-order valence-corrected chi connectivity index (χ0v) is 14.8. The van der Waals surface area contributed by atoms with Crippen molar-refractivity contribution in [3.05, 3.63) is 40.8 Å². The number of hydrogen-bond acceptors (Lipinski definition) is 4. The normalized spacial score (nSPS) is 14.5. The van der Waals surface area contributed by atoms with Crippen LogP contribution in [0.5, 0.6) is 0 Å². The first-order valence-electron chi connectivity index (χ1n) is 8.60. The first kappa shape index (κ1) is 16.6. The molecular formula is C19H25N3O2. The Balaban J connectivity index is 1.80. The van der Waals surface area contributed by atoms with Crippen LogP contribution in [0.1, 0.15) is 60.0 Å². The second-order valence-corrected chi connectivity index (χ2v) is 6.81. The highest BCUT2D eigenvalue weighted by atomic mass is 16.5. The number of anilines is 2. The van der Waals surface area contributed by atoms with E-state index in [2.05, 4.69) is 28.4 Å². The number of carbonyl (C=O) groups is 1. The molecule has 0 saturated carbocycles. The minimum atomic E-state index is -0.161. The number of benzene rings is 1. The third-order valence-electron chi connectivity index (χ3n) is 4.54. The Morgan fingerprint density at radius 3 is 2.58 bits per heavy atom. The molecule has 1 amide bonds. The molecule has 2 heterocycles. The Morgan fingerprint density at radius 2 is 1.96 bits per heavy atom. The van der Waals surface area contributed by atoms with Gasteiger partial charge in [-0.25, -0.2) is 0 Å². The van der Waals surface area contributed by atoms with Crippen molar-refractivity contribution in [2.75, 3.05) is 23.3 Å². The summed E-state index contributed by atoms with van der Waals surface area (Å²) < 4.78 is 5.31. The first-order chi connectivity index (χ1) is 11.5. The molecule has 0 atom stereocenters. The van der Waals surface area contributed by atoms with Crippen LogP contribution in [0.3, 0.4) is 0 Å². The van der Waals surface area contributed by atoms with E-state index in [9.17, 15) is 4.79 Å². The van der Waals surface area contributed by atoms with E-state index in [1.54, 1.807) is 6.92 Å². The third kappa shape index (κ3) is 3.16. The van der Waals surface area contributed by atoms with Crippen LogP contribution in [-0.2, 0) is 0 Å². The number of aryl methyl sites for hydroxylation is 2. The van der Waals surface area contributed by atoms with E-state index in [4.69, 9.17) is 4.52 Å². The Hall–Kier alpha value is -2.30. The zero-order chi connectivity index (χ0) is 17.3. The van der Waals surface area contributed by atoms with Crippen molar-refractivity contribution in [1.82, 2.24) is 5.16 Å². The number of hydrogen-bond donors (Lipinski definition) is 1. The van der Waals surface area contributed by atoms with Crippen molar-refractivity contribution in [2.24, 2.45) is 0 Å². The lowest BCUT2D eigenvalue weighted by Crippen LogP contribution is -2.19. The molecule has 1 aliphatic heterocycles. The van der Waals surface area contributed by atoms with E-state index in [0.29, 0.717) is 17.0 Å². The Kier molecular flexibility index (Phi) is 4.60. The van der Waals surface area contributed by atoms with Crippen molar-refractivity contribution in [3.63, 3.8) is 0 Å². The average molecular weight is 327 g/mol. The summed E-state index contributed by atoms with van der Waals surface area (Å²) in [6.07, 6.45) is 2.51. The third-order valence-corrected chi connectivity index (χ3v) is 4.54. The molecule has 0 spiro atoms. The fraction of sp³-hybridized carbons (Fsp3) is 0.474. The van der Waals surface area contributed by atoms with E-state index in [1.165, 1.54) is 24.1 Å². The van der Waals surface area contributed by atoms with Gasteiger partial charge < -0.3 is 14.7 Å². The number of carbonyl (C=O) groups excluding carboxylic acids is 1. The Labute approximate surface area is 143 Å². The minimum Gasteiger partial charge on any atom is -0.371 e. The lowest BCUT2D eigenvalue weighted by atomic mass is 10.0. The summed E-state index contributed by atoms with van der Waals surface area (Å²) in [5.41, 5.74) is 4.42. The fourth-order valence-corrected chi connectivity index (χ4v) is 3.30. The van der Waals surface area contributed by atoms with Gasteiger partial charge >= 0.3 is 0 Å². The SMILES string of the molecule is Cc1cc(NC(=O)c2c(C)noc2C(C)C)ccc1N1CCCC1. The lowest BCUT2D eigenvalue weighted by molar-refractivity contribution is 0.102. The van der Waals surface area contributed by atoms with Crippen LogP contribution in [-0.4, -0.2) is 24.2 Å². The maximum Gasteiger partial charge on any atom is 0.261 e. The van der Waals surface area contributed by atoms with Gasteiger partial charge in [-0.3, -0.25) is 4.79 Å². The van der Waals surface area contributed by atoms with Crippen molar-refractivity contribution >= 4 is 17.3 Å². The Morgan fingerprint density at radius 1 is 1.25 bits per heavy atom. The molecule has 1 fully saturated rings. The average Bonchev–Trinajstić information content (AvgIpc) is 3.16. The van der Waals surface area contributed by atoms with Crippen molar-refractivity contribution in [2.45, 2.75) is 46.5 Å². The summed E-state index contributed by atoms with van der Waals surface area (Å²) in [5.74, 6) is 0.590. The van der Waals surface area contributed by atoms with Gasteiger partial charge in [-0.05, 0) is 50.5 Å². The summed E-state index contributed by atoms with van der Waals surface area (Å²) in [4.78, 5) is 15.1. The molecule has 1 saturated heterocycles. The standard InChI is InChI=1S/C19H25N3O2/c1-12(2)18-17(14(4)21-24-18)19(23)20-15-7-8-16(13(3)11-15)22-9-5-6-10-22/h7-8,11-12H,5-6,9-10H2,1-4H3,(H,20,23). The Bertz CT molecular complexity index is 743.